The highest BCUT2D eigenvalue weighted by Crippen LogP contribution is 2.34. The molecule has 0 radical (unpaired) electrons. The molecule has 0 bridgehead atoms. The Labute approximate surface area is 326 Å². The van der Waals surface area contributed by atoms with Crippen molar-refractivity contribution in [3.05, 3.63) is 153 Å². The van der Waals surface area contributed by atoms with Crippen molar-refractivity contribution in [2.24, 2.45) is 0 Å². The number of amides is 1. The Kier molecular flexibility index (Phi) is 14.2. The number of nitrogens with zero attached hydrogens (tertiary/aromatic N) is 3. The summed E-state index contributed by atoms with van der Waals surface area (Å²) in [7, 11) is 0. The van der Waals surface area contributed by atoms with Crippen molar-refractivity contribution in [2.75, 3.05) is 32.8 Å². The van der Waals surface area contributed by atoms with Crippen LogP contribution in [0.15, 0.2) is 103 Å². The highest BCUT2D eigenvalue weighted by atomic mass is 35.5. The zero-order chi connectivity index (χ0) is 36.5. The normalized spacial score (nSPS) is 13.1. The van der Waals surface area contributed by atoms with Crippen LogP contribution in [0, 0.1) is 19.7 Å². The Morgan fingerprint density at radius 2 is 1.51 bits per heavy atom. The first-order valence-electron chi connectivity index (χ1n) is 17.2. The summed E-state index contributed by atoms with van der Waals surface area (Å²) in [6.45, 7) is 8.22. The number of aromatic nitrogens is 1. The number of benzene rings is 4. The first-order valence-corrected chi connectivity index (χ1v) is 17.9. The quantitative estimate of drug-likeness (QED) is 0.111. The van der Waals surface area contributed by atoms with Gasteiger partial charge in [-0.1, -0.05) is 59.6 Å². The van der Waals surface area contributed by atoms with E-state index in [0.717, 1.165) is 48.5 Å². The molecular weight excluding hydrogens is 736 g/mol. The van der Waals surface area contributed by atoms with Crippen LogP contribution in [0.3, 0.4) is 0 Å². The Bertz CT molecular complexity index is 1980. The molecule has 276 valence electrons. The van der Waals surface area contributed by atoms with Gasteiger partial charge in [0.1, 0.15) is 23.9 Å². The van der Waals surface area contributed by atoms with Gasteiger partial charge in [0.2, 0.25) is 11.8 Å². The van der Waals surface area contributed by atoms with Gasteiger partial charge in [-0.05, 0) is 102 Å². The zero-order valence-electron chi connectivity index (χ0n) is 29.6. The second kappa shape index (κ2) is 18.9. The van der Waals surface area contributed by atoms with E-state index >= 15 is 0 Å². The van der Waals surface area contributed by atoms with Crippen molar-refractivity contribution in [2.45, 2.75) is 33.4 Å². The van der Waals surface area contributed by atoms with E-state index in [2.05, 4.69) is 34.1 Å². The minimum atomic E-state index is -0.263. The molecule has 2 heterocycles. The fraction of sp³-hybridized carbons (Fsp3) is 0.238. The summed E-state index contributed by atoms with van der Waals surface area (Å²) in [6.07, 6.45) is 5.75. The molecule has 1 fully saturated rings. The van der Waals surface area contributed by atoms with Gasteiger partial charge in [0.15, 0.2) is 5.75 Å². The van der Waals surface area contributed by atoms with E-state index in [9.17, 15) is 9.18 Å². The summed E-state index contributed by atoms with van der Waals surface area (Å²) in [5, 5.41) is 1.10. The standard InChI is InChI=1S/C42H40Cl2FN3O4.ClH/c1-29-3-4-34(25-39(29)45)28-51-37-14-15-40(46-26-37)52-42-30(2)23-33(24-38(42)44)9-16-41(49)48-20-18-47(19-21-48)27-32-7-5-31(6-8-32)17-22-50-36-12-10-35(43)11-13-36;/h3-16,23-26H,17-22,27-28H2,1-2H3;1H. The number of pyridine rings is 1. The Balaban J connectivity index is 0.00000541. The number of ether oxygens (including phenoxy) is 3. The van der Waals surface area contributed by atoms with Gasteiger partial charge in [0.25, 0.3) is 0 Å². The Morgan fingerprint density at radius 1 is 0.811 bits per heavy atom. The van der Waals surface area contributed by atoms with E-state index in [-0.39, 0.29) is 30.7 Å². The predicted octanol–water partition coefficient (Wildman–Crippen LogP) is 9.92. The summed E-state index contributed by atoms with van der Waals surface area (Å²) in [5.74, 6) is 1.88. The number of carbonyl (C=O) groups excluding carboxylic acids is 1. The Hall–Kier alpha value is -4.60. The van der Waals surface area contributed by atoms with Gasteiger partial charge in [-0.2, -0.15) is 0 Å². The van der Waals surface area contributed by atoms with Gasteiger partial charge in [0.05, 0.1) is 17.8 Å². The number of rotatable bonds is 13. The highest BCUT2D eigenvalue weighted by molar-refractivity contribution is 6.32. The van der Waals surface area contributed by atoms with Crippen molar-refractivity contribution in [3.63, 3.8) is 0 Å². The van der Waals surface area contributed by atoms with Gasteiger partial charge < -0.3 is 19.1 Å². The summed E-state index contributed by atoms with van der Waals surface area (Å²) < 4.78 is 31.4. The van der Waals surface area contributed by atoms with Crippen molar-refractivity contribution in [1.29, 1.82) is 0 Å². The van der Waals surface area contributed by atoms with E-state index in [1.54, 1.807) is 49.5 Å². The van der Waals surface area contributed by atoms with E-state index in [1.165, 1.54) is 17.2 Å². The lowest BCUT2D eigenvalue weighted by Crippen LogP contribution is -2.47. The van der Waals surface area contributed by atoms with Crippen LogP contribution >= 0.6 is 35.6 Å². The first-order chi connectivity index (χ1) is 25.2. The minimum Gasteiger partial charge on any atom is -0.493 e. The molecular formula is C42H41Cl3FN3O4. The third-order valence-corrected chi connectivity index (χ3v) is 9.35. The molecule has 4 aromatic carbocycles. The largest absolute Gasteiger partial charge is 0.493 e. The summed E-state index contributed by atoms with van der Waals surface area (Å²) in [6, 6.07) is 28.2. The topological polar surface area (TPSA) is 64.1 Å². The van der Waals surface area contributed by atoms with Crippen LogP contribution in [0.2, 0.25) is 10.0 Å². The molecule has 1 aliphatic rings. The molecule has 53 heavy (non-hydrogen) atoms. The maximum atomic E-state index is 13.8. The summed E-state index contributed by atoms with van der Waals surface area (Å²) in [5.41, 5.74) is 5.39. The third-order valence-electron chi connectivity index (χ3n) is 8.81. The Morgan fingerprint density at radius 3 is 2.19 bits per heavy atom. The number of piperazine rings is 1. The van der Waals surface area contributed by atoms with Crippen LogP contribution < -0.4 is 14.2 Å². The average Bonchev–Trinajstić information content (AvgIpc) is 3.15. The van der Waals surface area contributed by atoms with Crippen molar-refractivity contribution >= 4 is 47.6 Å². The van der Waals surface area contributed by atoms with E-state index in [4.69, 9.17) is 37.4 Å². The number of hydrogen-bond acceptors (Lipinski definition) is 6. The molecule has 1 aliphatic heterocycles. The van der Waals surface area contributed by atoms with Crippen LogP contribution in [0.25, 0.3) is 6.08 Å². The summed E-state index contributed by atoms with van der Waals surface area (Å²) >= 11 is 12.5. The second-order valence-electron chi connectivity index (χ2n) is 12.8. The highest BCUT2D eigenvalue weighted by Gasteiger charge is 2.20. The van der Waals surface area contributed by atoms with Crippen LogP contribution in [0.1, 0.15) is 33.4 Å². The molecule has 5 aromatic rings. The molecule has 0 unspecified atom stereocenters. The second-order valence-corrected chi connectivity index (χ2v) is 13.6. The molecule has 0 saturated carbocycles. The van der Waals surface area contributed by atoms with Crippen LogP contribution in [-0.4, -0.2) is 53.5 Å². The molecule has 1 amide bonds. The predicted molar refractivity (Wildman–Crippen MR) is 211 cm³/mol. The molecule has 0 atom stereocenters. The molecule has 1 saturated heterocycles. The lowest BCUT2D eigenvalue weighted by atomic mass is 10.1. The molecule has 0 N–H and O–H groups in total. The fourth-order valence-electron chi connectivity index (χ4n) is 5.78. The zero-order valence-corrected chi connectivity index (χ0v) is 31.9. The fourth-order valence-corrected chi connectivity index (χ4v) is 6.22. The SMILES string of the molecule is Cc1ccc(COc2ccc(Oc3c(C)cc(C=CC(=O)N4CCN(Cc5ccc(CCOc6ccc(Cl)cc6)cc5)CC4)cc3Cl)nc2)cc1F.Cl. The van der Waals surface area contributed by atoms with Gasteiger partial charge in [-0.25, -0.2) is 9.37 Å². The molecule has 0 aliphatic carbocycles. The van der Waals surface area contributed by atoms with E-state index in [1.807, 2.05) is 48.2 Å². The maximum Gasteiger partial charge on any atom is 0.246 e. The first kappa shape index (κ1) is 39.6. The lowest BCUT2D eigenvalue weighted by molar-refractivity contribution is -0.127. The van der Waals surface area contributed by atoms with Crippen molar-refractivity contribution in [1.82, 2.24) is 14.8 Å². The summed E-state index contributed by atoms with van der Waals surface area (Å²) in [4.78, 5) is 21.6. The van der Waals surface area contributed by atoms with Gasteiger partial charge in [-0.3, -0.25) is 9.69 Å². The van der Waals surface area contributed by atoms with Crippen molar-refractivity contribution in [3.8, 4) is 23.1 Å². The number of aryl methyl sites for hydroxylation is 2. The molecule has 1 aromatic heterocycles. The van der Waals surface area contributed by atoms with Crippen LogP contribution in [0.4, 0.5) is 4.39 Å². The van der Waals surface area contributed by atoms with Crippen molar-refractivity contribution < 1.29 is 23.4 Å². The lowest BCUT2D eigenvalue weighted by Gasteiger charge is -2.34. The van der Waals surface area contributed by atoms with Crippen LogP contribution in [0.5, 0.6) is 23.1 Å². The van der Waals surface area contributed by atoms with Gasteiger partial charge >= 0.3 is 0 Å². The minimum absolute atomic E-state index is 0. The molecule has 7 nitrogen and oxygen atoms in total. The maximum absolute atomic E-state index is 13.8. The number of halogens is 4. The van der Waals surface area contributed by atoms with Gasteiger partial charge in [0, 0.05) is 56.3 Å². The smallest absolute Gasteiger partial charge is 0.246 e. The number of carbonyl (C=O) groups is 1. The van der Waals surface area contributed by atoms with Crippen LogP contribution in [-0.2, 0) is 24.4 Å². The third kappa shape index (κ3) is 11.4. The molecule has 0 spiro atoms. The molecule has 6 rings (SSSR count). The van der Waals surface area contributed by atoms with E-state index < -0.39 is 0 Å². The average molecular weight is 777 g/mol. The number of hydrogen-bond donors (Lipinski definition) is 0. The van der Waals surface area contributed by atoms with Gasteiger partial charge in [-0.15, -0.1) is 12.4 Å². The molecule has 11 heteroatoms. The van der Waals surface area contributed by atoms with E-state index in [0.29, 0.717) is 52.7 Å². The monoisotopic (exact) mass is 775 g/mol.